The molecule has 1 aliphatic heterocycles. The number of nitrogens with one attached hydrogen (secondary N) is 1. The summed E-state index contributed by atoms with van der Waals surface area (Å²) in [6.07, 6.45) is 6.45. The van der Waals surface area contributed by atoms with E-state index in [1.54, 1.807) is 18.2 Å². The highest BCUT2D eigenvalue weighted by Gasteiger charge is 2.25. The first kappa shape index (κ1) is 21.7. The Hall–Kier alpha value is -3.04. The SMILES string of the molecule is O=C(C=Cc1cccc([N+](=O)[O-])c1)Nc1cccc(S(=O)(=O)N2CCCCCC2)c1. The van der Waals surface area contributed by atoms with Crippen LogP contribution < -0.4 is 5.32 Å². The van der Waals surface area contributed by atoms with Crippen molar-refractivity contribution in [3.63, 3.8) is 0 Å². The number of sulfonamides is 1. The van der Waals surface area contributed by atoms with Gasteiger partial charge in [-0.1, -0.05) is 31.0 Å². The lowest BCUT2D eigenvalue weighted by molar-refractivity contribution is -0.384. The van der Waals surface area contributed by atoms with E-state index in [-0.39, 0.29) is 10.6 Å². The van der Waals surface area contributed by atoms with Crippen molar-refractivity contribution in [3.05, 3.63) is 70.3 Å². The molecule has 0 spiro atoms. The largest absolute Gasteiger partial charge is 0.322 e. The molecule has 8 nitrogen and oxygen atoms in total. The molecular weight excluding hydrogens is 406 g/mol. The third-order valence-electron chi connectivity index (χ3n) is 4.81. The highest BCUT2D eigenvalue weighted by molar-refractivity contribution is 7.89. The number of carbonyl (C=O) groups is 1. The van der Waals surface area contributed by atoms with E-state index in [0.717, 1.165) is 25.7 Å². The van der Waals surface area contributed by atoms with Crippen molar-refractivity contribution in [1.82, 2.24) is 4.31 Å². The van der Waals surface area contributed by atoms with Crippen LogP contribution in [0.5, 0.6) is 0 Å². The van der Waals surface area contributed by atoms with Crippen molar-refractivity contribution in [3.8, 4) is 0 Å². The minimum absolute atomic E-state index is 0.0658. The summed E-state index contributed by atoms with van der Waals surface area (Å²) in [5.74, 6) is -0.467. The number of amides is 1. The third-order valence-corrected chi connectivity index (χ3v) is 6.71. The molecule has 1 heterocycles. The molecule has 1 N–H and O–H groups in total. The summed E-state index contributed by atoms with van der Waals surface area (Å²) in [6, 6.07) is 12.1. The number of nitro benzene ring substituents is 1. The van der Waals surface area contributed by atoms with Gasteiger partial charge in [0, 0.05) is 37.0 Å². The van der Waals surface area contributed by atoms with Crippen molar-refractivity contribution >= 4 is 33.4 Å². The fourth-order valence-corrected chi connectivity index (χ4v) is 4.83. The minimum atomic E-state index is -3.61. The Morgan fingerprint density at radius 2 is 1.73 bits per heavy atom. The van der Waals surface area contributed by atoms with Crippen LogP contribution in [-0.4, -0.2) is 36.6 Å². The number of non-ortho nitro benzene ring substituents is 1. The van der Waals surface area contributed by atoms with Crippen molar-refractivity contribution in [1.29, 1.82) is 0 Å². The molecule has 9 heteroatoms. The van der Waals surface area contributed by atoms with Gasteiger partial charge in [-0.05, 0) is 42.7 Å². The van der Waals surface area contributed by atoms with Crippen LogP contribution in [0.4, 0.5) is 11.4 Å². The summed E-state index contributed by atoms with van der Waals surface area (Å²) < 4.78 is 27.3. The van der Waals surface area contributed by atoms with Crippen LogP contribution in [0, 0.1) is 10.1 Å². The molecule has 0 saturated carbocycles. The second-order valence-corrected chi connectivity index (χ2v) is 8.96. The first-order valence-electron chi connectivity index (χ1n) is 9.70. The minimum Gasteiger partial charge on any atom is -0.322 e. The van der Waals surface area contributed by atoms with Gasteiger partial charge in [-0.25, -0.2) is 8.42 Å². The Balaban J connectivity index is 1.71. The normalized spacial score (nSPS) is 15.6. The number of rotatable bonds is 6. The second kappa shape index (κ2) is 9.64. The van der Waals surface area contributed by atoms with Gasteiger partial charge in [-0.15, -0.1) is 0 Å². The molecule has 0 radical (unpaired) electrons. The molecule has 1 saturated heterocycles. The second-order valence-electron chi connectivity index (χ2n) is 7.02. The Morgan fingerprint density at radius 1 is 1.03 bits per heavy atom. The van der Waals surface area contributed by atoms with Gasteiger partial charge in [0.15, 0.2) is 0 Å². The van der Waals surface area contributed by atoms with Gasteiger partial charge in [0.2, 0.25) is 15.9 Å². The number of benzene rings is 2. The molecule has 158 valence electrons. The van der Waals surface area contributed by atoms with E-state index in [1.165, 1.54) is 46.8 Å². The van der Waals surface area contributed by atoms with E-state index in [9.17, 15) is 23.3 Å². The quantitative estimate of drug-likeness (QED) is 0.427. The van der Waals surface area contributed by atoms with Crippen LogP contribution in [0.2, 0.25) is 0 Å². The number of hydrogen-bond donors (Lipinski definition) is 1. The van der Waals surface area contributed by atoms with Gasteiger partial charge in [-0.2, -0.15) is 4.31 Å². The average molecular weight is 429 g/mol. The molecule has 3 rings (SSSR count). The highest BCUT2D eigenvalue weighted by Crippen LogP contribution is 2.23. The van der Waals surface area contributed by atoms with Crippen molar-refractivity contribution in [2.24, 2.45) is 0 Å². The fraction of sp³-hybridized carbons (Fsp3) is 0.286. The van der Waals surface area contributed by atoms with Gasteiger partial charge in [0.1, 0.15) is 0 Å². The van der Waals surface area contributed by atoms with Crippen LogP contribution in [0.15, 0.2) is 59.5 Å². The molecule has 1 amide bonds. The van der Waals surface area contributed by atoms with E-state index in [4.69, 9.17) is 0 Å². The summed E-state index contributed by atoms with van der Waals surface area (Å²) in [5, 5.41) is 13.5. The Kier molecular flexibility index (Phi) is 6.96. The van der Waals surface area contributed by atoms with Crippen molar-refractivity contribution in [2.45, 2.75) is 30.6 Å². The lowest BCUT2D eigenvalue weighted by Gasteiger charge is -2.20. The van der Waals surface area contributed by atoms with E-state index in [1.807, 2.05) is 0 Å². The van der Waals surface area contributed by atoms with Crippen LogP contribution in [0.3, 0.4) is 0 Å². The fourth-order valence-electron chi connectivity index (χ4n) is 3.26. The van der Waals surface area contributed by atoms with Gasteiger partial charge >= 0.3 is 0 Å². The molecular formula is C21H23N3O5S. The van der Waals surface area contributed by atoms with E-state index in [2.05, 4.69) is 5.32 Å². The maximum Gasteiger partial charge on any atom is 0.270 e. The number of nitrogens with zero attached hydrogens (tertiary/aromatic N) is 2. The molecule has 0 aromatic heterocycles. The van der Waals surface area contributed by atoms with E-state index >= 15 is 0 Å². The molecule has 1 fully saturated rings. The van der Waals surface area contributed by atoms with Crippen LogP contribution in [-0.2, 0) is 14.8 Å². The van der Waals surface area contributed by atoms with Crippen LogP contribution >= 0.6 is 0 Å². The van der Waals surface area contributed by atoms with Crippen LogP contribution in [0.1, 0.15) is 31.2 Å². The number of nitro groups is 1. The standard InChI is InChI=1S/C21H23N3O5S/c25-21(12-11-17-7-5-9-19(15-17)24(26)27)22-18-8-6-10-20(16-18)30(28,29)23-13-3-1-2-4-14-23/h5-12,15-16H,1-4,13-14H2,(H,22,25). The van der Waals surface area contributed by atoms with Crippen molar-refractivity contribution < 1.29 is 18.1 Å². The average Bonchev–Trinajstić information content (AvgIpc) is 3.03. The molecule has 0 unspecified atom stereocenters. The molecule has 2 aromatic carbocycles. The van der Waals surface area contributed by atoms with Gasteiger partial charge < -0.3 is 5.32 Å². The monoisotopic (exact) mass is 429 g/mol. The lowest BCUT2D eigenvalue weighted by atomic mass is 10.2. The smallest absolute Gasteiger partial charge is 0.270 e. The van der Waals surface area contributed by atoms with E-state index in [0.29, 0.717) is 24.3 Å². The lowest BCUT2D eigenvalue weighted by Crippen LogP contribution is -2.32. The number of anilines is 1. The summed E-state index contributed by atoms with van der Waals surface area (Å²) in [6.45, 7) is 1.01. The maximum absolute atomic E-state index is 12.9. The Labute approximate surface area is 175 Å². The Morgan fingerprint density at radius 3 is 2.43 bits per heavy atom. The zero-order chi connectivity index (χ0) is 21.6. The predicted molar refractivity (Wildman–Crippen MR) is 114 cm³/mol. The third kappa shape index (κ3) is 5.52. The van der Waals surface area contributed by atoms with Crippen molar-refractivity contribution in [2.75, 3.05) is 18.4 Å². The number of carbonyl (C=O) groups excluding carboxylic acids is 1. The molecule has 0 aliphatic carbocycles. The molecule has 2 aromatic rings. The molecule has 0 bridgehead atoms. The topological polar surface area (TPSA) is 110 Å². The van der Waals surface area contributed by atoms with Gasteiger partial charge in [-0.3, -0.25) is 14.9 Å². The number of hydrogen-bond acceptors (Lipinski definition) is 5. The molecule has 30 heavy (non-hydrogen) atoms. The zero-order valence-corrected chi connectivity index (χ0v) is 17.2. The molecule has 1 aliphatic rings. The van der Waals surface area contributed by atoms with Gasteiger partial charge in [0.25, 0.3) is 5.69 Å². The molecule has 0 atom stereocenters. The first-order valence-corrected chi connectivity index (χ1v) is 11.1. The maximum atomic E-state index is 12.9. The zero-order valence-electron chi connectivity index (χ0n) is 16.4. The van der Waals surface area contributed by atoms with Gasteiger partial charge in [0.05, 0.1) is 9.82 Å². The summed E-state index contributed by atoms with van der Waals surface area (Å²) >= 11 is 0. The van der Waals surface area contributed by atoms with E-state index < -0.39 is 20.9 Å². The summed E-state index contributed by atoms with van der Waals surface area (Å²) in [7, 11) is -3.61. The highest BCUT2D eigenvalue weighted by atomic mass is 32.2. The predicted octanol–water partition coefficient (Wildman–Crippen LogP) is 3.81. The summed E-state index contributed by atoms with van der Waals surface area (Å²) in [5.41, 5.74) is 0.806. The summed E-state index contributed by atoms with van der Waals surface area (Å²) in [4.78, 5) is 22.7. The van der Waals surface area contributed by atoms with Crippen LogP contribution in [0.25, 0.3) is 6.08 Å². The Bertz CT molecular complexity index is 1060. The first-order chi connectivity index (χ1) is 14.4.